The smallest absolute Gasteiger partial charge is 0.313 e. The summed E-state index contributed by atoms with van der Waals surface area (Å²) in [5, 5.41) is 15.4. The summed E-state index contributed by atoms with van der Waals surface area (Å²) in [5.41, 5.74) is 2.02. The Balaban J connectivity index is 2.64. The van der Waals surface area contributed by atoms with E-state index in [-0.39, 0.29) is 12.5 Å². The normalized spacial score (nSPS) is 12.9. The lowest BCUT2D eigenvalue weighted by atomic mass is 9.81. The molecule has 5 heteroatoms. The van der Waals surface area contributed by atoms with E-state index in [1.807, 2.05) is 59.7 Å². The zero-order valence-electron chi connectivity index (χ0n) is 14.9. The van der Waals surface area contributed by atoms with Crippen LogP contribution in [0.5, 0.6) is 0 Å². The third-order valence-electron chi connectivity index (χ3n) is 3.98. The topological polar surface area (TPSA) is 78.4 Å². The van der Waals surface area contributed by atoms with Crippen LogP contribution in [0, 0.1) is 25.2 Å². The highest BCUT2D eigenvalue weighted by atomic mass is 16.3. The Morgan fingerprint density at radius 3 is 2.35 bits per heavy atom. The van der Waals surface area contributed by atoms with E-state index in [2.05, 4.69) is 10.6 Å². The maximum absolute atomic E-state index is 12.0. The number of nitrogens with one attached hydrogen (secondary N) is 2. The van der Waals surface area contributed by atoms with Crippen molar-refractivity contribution in [2.45, 2.75) is 47.6 Å². The molecule has 1 atom stereocenters. The highest BCUT2D eigenvalue weighted by Gasteiger charge is 2.31. The van der Waals surface area contributed by atoms with Gasteiger partial charge in [0.2, 0.25) is 0 Å². The van der Waals surface area contributed by atoms with Gasteiger partial charge >= 0.3 is 11.8 Å². The van der Waals surface area contributed by atoms with Crippen molar-refractivity contribution in [3.05, 3.63) is 29.3 Å². The molecule has 0 aromatic heterocycles. The second-order valence-corrected chi connectivity index (χ2v) is 7.13. The fraction of sp³-hybridized carbons (Fsp3) is 0.556. The quantitative estimate of drug-likeness (QED) is 0.729. The van der Waals surface area contributed by atoms with Gasteiger partial charge in [0.15, 0.2) is 0 Å². The van der Waals surface area contributed by atoms with Crippen LogP contribution in [0.15, 0.2) is 18.2 Å². The van der Waals surface area contributed by atoms with Gasteiger partial charge < -0.3 is 15.7 Å². The van der Waals surface area contributed by atoms with Gasteiger partial charge in [0.25, 0.3) is 0 Å². The number of benzene rings is 1. The molecule has 3 N–H and O–H groups in total. The number of aliphatic hydroxyl groups excluding tert-OH is 1. The Morgan fingerprint density at radius 1 is 1.17 bits per heavy atom. The number of aryl methyl sites for hydroxylation is 2. The number of aliphatic hydroxyl groups is 1. The molecular weight excluding hydrogens is 292 g/mol. The van der Waals surface area contributed by atoms with Gasteiger partial charge in [-0.1, -0.05) is 39.8 Å². The molecule has 23 heavy (non-hydrogen) atoms. The number of carbonyl (C=O) groups is 2. The molecule has 1 unspecified atom stereocenters. The lowest BCUT2D eigenvalue weighted by molar-refractivity contribution is -0.136. The molecule has 0 spiro atoms. The van der Waals surface area contributed by atoms with Gasteiger partial charge in [-0.2, -0.15) is 0 Å². The van der Waals surface area contributed by atoms with Crippen LogP contribution in [0.1, 0.15) is 38.8 Å². The van der Waals surface area contributed by atoms with Gasteiger partial charge in [-0.25, -0.2) is 0 Å². The van der Waals surface area contributed by atoms with E-state index in [1.54, 1.807) is 0 Å². The lowest BCUT2D eigenvalue weighted by Crippen LogP contribution is -2.46. The first kappa shape index (κ1) is 19.2. The summed E-state index contributed by atoms with van der Waals surface area (Å²) in [7, 11) is 0. The molecule has 5 nitrogen and oxygen atoms in total. The number of anilines is 1. The number of rotatable bonds is 5. The maximum atomic E-state index is 12.0. The Morgan fingerprint density at radius 2 is 1.78 bits per heavy atom. The summed E-state index contributed by atoms with van der Waals surface area (Å²) in [6.07, 6.45) is -0.565. The molecule has 0 bridgehead atoms. The molecular formula is C18H28N2O3. The van der Waals surface area contributed by atoms with E-state index in [0.717, 1.165) is 11.1 Å². The van der Waals surface area contributed by atoms with Gasteiger partial charge in [0, 0.05) is 17.6 Å². The molecule has 0 aliphatic carbocycles. The number of carbonyl (C=O) groups excluding carboxylic acids is 2. The predicted octanol–water partition coefficient (Wildman–Crippen LogP) is 2.40. The molecule has 2 amide bonds. The van der Waals surface area contributed by atoms with Crippen LogP contribution in [-0.4, -0.2) is 29.6 Å². The summed E-state index contributed by atoms with van der Waals surface area (Å²) < 4.78 is 0. The third-order valence-corrected chi connectivity index (χ3v) is 3.98. The second kappa shape index (κ2) is 7.59. The Kier molecular flexibility index (Phi) is 6.33. The Bertz CT molecular complexity index is 580. The molecule has 0 heterocycles. The third kappa shape index (κ3) is 5.36. The molecule has 0 saturated carbocycles. The fourth-order valence-electron chi connectivity index (χ4n) is 2.44. The van der Waals surface area contributed by atoms with Crippen LogP contribution in [0.3, 0.4) is 0 Å². The van der Waals surface area contributed by atoms with E-state index >= 15 is 0 Å². The summed E-state index contributed by atoms with van der Waals surface area (Å²) in [6, 6.07) is 5.67. The van der Waals surface area contributed by atoms with E-state index < -0.39 is 23.3 Å². The summed E-state index contributed by atoms with van der Waals surface area (Å²) in [5.74, 6) is -1.32. The van der Waals surface area contributed by atoms with Crippen molar-refractivity contribution < 1.29 is 14.7 Å². The summed E-state index contributed by atoms with van der Waals surface area (Å²) >= 11 is 0. The van der Waals surface area contributed by atoms with Crippen molar-refractivity contribution in [2.75, 3.05) is 11.9 Å². The molecule has 1 aromatic carbocycles. The first-order chi connectivity index (χ1) is 10.5. The fourth-order valence-corrected chi connectivity index (χ4v) is 2.44. The van der Waals surface area contributed by atoms with E-state index in [9.17, 15) is 14.7 Å². The number of hydrogen-bond acceptors (Lipinski definition) is 3. The molecule has 0 aliphatic heterocycles. The summed E-state index contributed by atoms with van der Waals surface area (Å²) in [4.78, 5) is 24.0. The van der Waals surface area contributed by atoms with Crippen LogP contribution in [0.2, 0.25) is 0 Å². The highest BCUT2D eigenvalue weighted by molar-refractivity contribution is 6.39. The van der Waals surface area contributed by atoms with Crippen LogP contribution >= 0.6 is 0 Å². The zero-order valence-corrected chi connectivity index (χ0v) is 14.9. The zero-order chi connectivity index (χ0) is 17.8. The van der Waals surface area contributed by atoms with Crippen molar-refractivity contribution in [3.63, 3.8) is 0 Å². The monoisotopic (exact) mass is 320 g/mol. The molecule has 1 rings (SSSR count). The Labute approximate surface area is 138 Å². The number of amides is 2. The van der Waals surface area contributed by atoms with Crippen molar-refractivity contribution in [3.8, 4) is 0 Å². The maximum Gasteiger partial charge on any atom is 0.313 e. The number of hydrogen-bond donors (Lipinski definition) is 3. The molecule has 0 fully saturated rings. The average molecular weight is 320 g/mol. The highest BCUT2D eigenvalue weighted by Crippen LogP contribution is 2.25. The SMILES string of the molecule is Cc1ccc(C)c(NC(=O)C(=O)NCC(C)(C)C(O)C(C)C)c1. The lowest BCUT2D eigenvalue weighted by Gasteiger charge is -2.33. The van der Waals surface area contributed by atoms with E-state index in [0.29, 0.717) is 5.69 Å². The van der Waals surface area contributed by atoms with Gasteiger partial charge in [-0.3, -0.25) is 9.59 Å². The molecule has 0 aliphatic rings. The molecule has 1 aromatic rings. The van der Waals surface area contributed by atoms with Crippen LogP contribution in [0.4, 0.5) is 5.69 Å². The summed E-state index contributed by atoms with van der Waals surface area (Å²) in [6.45, 7) is 11.6. The minimum atomic E-state index is -0.700. The molecule has 0 saturated heterocycles. The predicted molar refractivity (Wildman–Crippen MR) is 92.2 cm³/mol. The van der Waals surface area contributed by atoms with Crippen molar-refractivity contribution in [2.24, 2.45) is 11.3 Å². The Hall–Kier alpha value is -1.88. The second-order valence-electron chi connectivity index (χ2n) is 7.13. The molecule has 0 radical (unpaired) electrons. The van der Waals surface area contributed by atoms with Crippen molar-refractivity contribution >= 4 is 17.5 Å². The largest absolute Gasteiger partial charge is 0.392 e. The van der Waals surface area contributed by atoms with Gasteiger partial charge in [-0.05, 0) is 37.0 Å². The standard InChI is InChI=1S/C18H28N2O3/c1-11(2)15(21)18(5,6)10-19-16(22)17(23)20-14-9-12(3)7-8-13(14)4/h7-9,11,15,21H,10H2,1-6H3,(H,19,22)(H,20,23). The van der Waals surface area contributed by atoms with Crippen molar-refractivity contribution in [1.82, 2.24) is 5.32 Å². The molecule has 128 valence electrons. The first-order valence-corrected chi connectivity index (χ1v) is 7.89. The minimum Gasteiger partial charge on any atom is -0.392 e. The minimum absolute atomic E-state index is 0.0747. The van der Waals surface area contributed by atoms with Gasteiger partial charge in [0.1, 0.15) is 0 Å². The van der Waals surface area contributed by atoms with Crippen LogP contribution in [0.25, 0.3) is 0 Å². The van der Waals surface area contributed by atoms with E-state index in [1.165, 1.54) is 0 Å². The van der Waals surface area contributed by atoms with Crippen LogP contribution < -0.4 is 10.6 Å². The first-order valence-electron chi connectivity index (χ1n) is 7.89. The van der Waals surface area contributed by atoms with Crippen LogP contribution in [-0.2, 0) is 9.59 Å². The van der Waals surface area contributed by atoms with Crippen molar-refractivity contribution in [1.29, 1.82) is 0 Å². The average Bonchev–Trinajstić information content (AvgIpc) is 2.47. The van der Waals surface area contributed by atoms with Gasteiger partial charge in [0.05, 0.1) is 6.10 Å². The van der Waals surface area contributed by atoms with Gasteiger partial charge in [-0.15, -0.1) is 0 Å². The van der Waals surface area contributed by atoms with E-state index in [4.69, 9.17) is 0 Å².